The second-order valence-corrected chi connectivity index (χ2v) is 9.10. The van der Waals surface area contributed by atoms with Gasteiger partial charge in [-0.3, -0.25) is 14.4 Å². The lowest BCUT2D eigenvalue weighted by molar-refractivity contribution is -0.121. The molecule has 2 heterocycles. The fraction of sp³-hybridized carbons (Fsp3) is 0.250. The monoisotopic (exact) mass is 480 g/mol. The molecular weight excluding hydrogens is 463 g/mol. The molecule has 2 aromatic carbocycles. The summed E-state index contributed by atoms with van der Waals surface area (Å²) < 4.78 is 52.2. The number of nitrogens with zero attached hydrogens (tertiary/aromatic N) is 3. The number of rotatable bonds is 6. The van der Waals surface area contributed by atoms with E-state index in [9.17, 15) is 17.6 Å². The van der Waals surface area contributed by atoms with E-state index >= 15 is 0 Å². The zero-order valence-corrected chi connectivity index (χ0v) is 18.6. The Balaban J connectivity index is 1.67. The van der Waals surface area contributed by atoms with Crippen LogP contribution in [-0.4, -0.2) is 31.1 Å². The number of nitrogens with one attached hydrogen (secondary N) is 1. The van der Waals surface area contributed by atoms with Crippen molar-refractivity contribution in [1.29, 1.82) is 0 Å². The summed E-state index contributed by atoms with van der Waals surface area (Å²) in [6.45, 7) is 3.23. The third-order valence-corrected chi connectivity index (χ3v) is 6.60. The lowest BCUT2D eigenvalue weighted by Crippen LogP contribution is -2.38. The van der Waals surface area contributed by atoms with Gasteiger partial charge in [0.2, 0.25) is 5.89 Å². The van der Waals surface area contributed by atoms with E-state index in [1.165, 1.54) is 23.1 Å². The molecule has 0 unspecified atom stereocenters. The molecule has 12 heteroatoms. The number of benzene rings is 2. The molecule has 1 N–H and O–H groups in total. The van der Waals surface area contributed by atoms with Gasteiger partial charge in [0.15, 0.2) is 12.4 Å². The molecule has 1 aliphatic rings. The fourth-order valence-electron chi connectivity index (χ4n) is 3.21. The number of ether oxygens (including phenoxy) is 1. The molecule has 0 bridgehead atoms. The standard InChI is InChI=1S/C20H18ClFN4O5S/c1-3-19-23-18(24-31-19)9-26-15-6-11(2)17(8-16(15)30-10-20(26)27)32(28,29)25-14-5-4-12(22)7-13(14)21/h4-8,25H,3,9-10H2,1-2H3. The van der Waals surface area contributed by atoms with E-state index in [2.05, 4.69) is 14.9 Å². The number of aromatic nitrogens is 2. The molecule has 0 aliphatic carbocycles. The van der Waals surface area contributed by atoms with Crippen LogP contribution < -0.4 is 14.4 Å². The number of hydrogen-bond donors (Lipinski definition) is 1. The Morgan fingerprint density at radius 2 is 2.06 bits per heavy atom. The molecular formula is C20H18ClFN4O5S. The quantitative estimate of drug-likeness (QED) is 0.574. The van der Waals surface area contributed by atoms with Crippen molar-refractivity contribution in [1.82, 2.24) is 10.1 Å². The molecule has 0 atom stereocenters. The number of carbonyl (C=O) groups is 1. The van der Waals surface area contributed by atoms with Crippen molar-refractivity contribution in [2.45, 2.75) is 31.7 Å². The minimum atomic E-state index is -4.08. The van der Waals surface area contributed by atoms with Crippen LogP contribution in [0.2, 0.25) is 5.02 Å². The predicted molar refractivity (Wildman–Crippen MR) is 114 cm³/mol. The Hall–Kier alpha value is -3.18. The van der Waals surface area contributed by atoms with Crippen molar-refractivity contribution < 1.29 is 26.9 Å². The lowest BCUT2D eigenvalue weighted by Gasteiger charge is -2.29. The van der Waals surface area contributed by atoms with Crippen molar-refractivity contribution in [2.24, 2.45) is 0 Å². The average molecular weight is 481 g/mol. The number of hydrogen-bond acceptors (Lipinski definition) is 7. The van der Waals surface area contributed by atoms with Gasteiger partial charge in [-0.25, -0.2) is 12.8 Å². The maximum Gasteiger partial charge on any atom is 0.265 e. The molecule has 1 aromatic heterocycles. The van der Waals surface area contributed by atoms with Crippen LogP contribution in [0.4, 0.5) is 15.8 Å². The average Bonchev–Trinajstić information content (AvgIpc) is 3.20. The van der Waals surface area contributed by atoms with E-state index in [1.807, 2.05) is 6.92 Å². The third kappa shape index (κ3) is 4.26. The van der Waals surface area contributed by atoms with Gasteiger partial charge in [0.05, 0.1) is 27.8 Å². The maximum absolute atomic E-state index is 13.3. The first-order valence-corrected chi connectivity index (χ1v) is 11.4. The van der Waals surface area contributed by atoms with Crippen LogP contribution >= 0.6 is 11.6 Å². The molecule has 0 saturated carbocycles. The third-order valence-electron chi connectivity index (χ3n) is 4.78. The molecule has 168 valence electrons. The second kappa shape index (κ2) is 8.40. The first-order chi connectivity index (χ1) is 15.2. The molecule has 9 nitrogen and oxygen atoms in total. The number of fused-ring (bicyclic) bond motifs is 1. The van der Waals surface area contributed by atoms with E-state index < -0.39 is 15.8 Å². The Morgan fingerprint density at radius 1 is 1.28 bits per heavy atom. The fourth-order valence-corrected chi connectivity index (χ4v) is 4.80. The summed E-state index contributed by atoms with van der Waals surface area (Å²) in [5, 5.41) is 3.78. The van der Waals surface area contributed by atoms with Crippen LogP contribution in [0.15, 0.2) is 39.8 Å². The number of anilines is 2. The number of amides is 1. The van der Waals surface area contributed by atoms with Crippen LogP contribution in [0.5, 0.6) is 5.75 Å². The minimum absolute atomic E-state index is 0.0340. The van der Waals surface area contributed by atoms with Crippen molar-refractivity contribution in [3.63, 3.8) is 0 Å². The van der Waals surface area contributed by atoms with Crippen molar-refractivity contribution in [3.8, 4) is 5.75 Å². The molecule has 4 rings (SSSR count). The van der Waals surface area contributed by atoms with Gasteiger partial charge in [-0.2, -0.15) is 4.98 Å². The first-order valence-electron chi connectivity index (χ1n) is 9.55. The number of aryl methyl sites for hydroxylation is 2. The minimum Gasteiger partial charge on any atom is -0.482 e. The largest absolute Gasteiger partial charge is 0.482 e. The summed E-state index contributed by atoms with van der Waals surface area (Å²) in [6.07, 6.45) is 0.562. The van der Waals surface area contributed by atoms with Crippen LogP contribution in [0.3, 0.4) is 0 Å². The molecule has 1 amide bonds. The highest BCUT2D eigenvalue weighted by Crippen LogP contribution is 2.38. The Bertz CT molecular complexity index is 1310. The van der Waals surface area contributed by atoms with E-state index in [4.69, 9.17) is 20.9 Å². The van der Waals surface area contributed by atoms with E-state index in [0.29, 0.717) is 29.4 Å². The van der Waals surface area contributed by atoms with Gasteiger partial charge in [0.25, 0.3) is 15.9 Å². The highest BCUT2D eigenvalue weighted by Gasteiger charge is 2.30. The zero-order valence-electron chi connectivity index (χ0n) is 17.1. The van der Waals surface area contributed by atoms with Crippen molar-refractivity contribution in [2.75, 3.05) is 16.2 Å². The van der Waals surface area contributed by atoms with Crippen LogP contribution in [0, 0.1) is 12.7 Å². The summed E-state index contributed by atoms with van der Waals surface area (Å²) >= 11 is 5.95. The highest BCUT2D eigenvalue weighted by atomic mass is 35.5. The highest BCUT2D eigenvalue weighted by molar-refractivity contribution is 7.92. The zero-order chi connectivity index (χ0) is 23.0. The summed E-state index contributed by atoms with van der Waals surface area (Å²) in [5.41, 5.74) is 0.784. The molecule has 0 fully saturated rings. The van der Waals surface area contributed by atoms with Crippen LogP contribution in [0.25, 0.3) is 0 Å². The van der Waals surface area contributed by atoms with Gasteiger partial charge in [0.1, 0.15) is 11.6 Å². The Kier molecular flexibility index (Phi) is 5.78. The van der Waals surface area contributed by atoms with E-state index in [1.54, 1.807) is 6.92 Å². The van der Waals surface area contributed by atoms with Gasteiger partial charge in [-0.15, -0.1) is 0 Å². The van der Waals surface area contributed by atoms with Crippen molar-refractivity contribution in [3.05, 3.63) is 58.5 Å². The molecule has 1 aliphatic heterocycles. The maximum atomic E-state index is 13.3. The van der Waals surface area contributed by atoms with Crippen LogP contribution in [0.1, 0.15) is 24.2 Å². The Morgan fingerprint density at radius 3 is 2.75 bits per heavy atom. The Labute approximate surface area is 188 Å². The molecule has 0 spiro atoms. The molecule has 0 radical (unpaired) electrons. The topological polar surface area (TPSA) is 115 Å². The van der Waals surface area contributed by atoms with E-state index in [0.717, 1.165) is 12.1 Å². The lowest BCUT2D eigenvalue weighted by atomic mass is 10.1. The molecule has 32 heavy (non-hydrogen) atoms. The summed E-state index contributed by atoms with van der Waals surface area (Å²) in [4.78, 5) is 18.0. The summed E-state index contributed by atoms with van der Waals surface area (Å²) in [5.74, 6) is 0.0643. The van der Waals surface area contributed by atoms with Gasteiger partial charge < -0.3 is 9.26 Å². The number of halogens is 2. The first kappa shape index (κ1) is 22.0. The van der Waals surface area contributed by atoms with Gasteiger partial charge >= 0.3 is 0 Å². The molecule has 3 aromatic rings. The number of carbonyl (C=O) groups excluding carboxylic acids is 1. The molecule has 0 saturated heterocycles. The smallest absolute Gasteiger partial charge is 0.265 e. The number of sulfonamides is 1. The summed E-state index contributed by atoms with van der Waals surface area (Å²) in [6, 6.07) is 6.20. The van der Waals surface area contributed by atoms with Gasteiger partial charge in [0, 0.05) is 12.5 Å². The predicted octanol–water partition coefficient (Wildman–Crippen LogP) is 3.46. The van der Waals surface area contributed by atoms with Gasteiger partial charge in [-0.1, -0.05) is 23.7 Å². The van der Waals surface area contributed by atoms with E-state index in [-0.39, 0.29) is 40.4 Å². The second-order valence-electron chi connectivity index (χ2n) is 7.04. The van der Waals surface area contributed by atoms with Crippen molar-refractivity contribution >= 4 is 38.9 Å². The van der Waals surface area contributed by atoms with Gasteiger partial charge in [-0.05, 0) is 36.8 Å². The summed E-state index contributed by atoms with van der Waals surface area (Å²) in [7, 11) is -4.08. The van der Waals surface area contributed by atoms with Crippen LogP contribution in [-0.2, 0) is 27.8 Å². The SMILES string of the molecule is CCc1nc(CN2C(=O)COc3cc(S(=O)(=O)Nc4ccc(F)cc4Cl)c(C)cc32)no1. The normalized spacial score (nSPS) is 13.6.